The van der Waals surface area contributed by atoms with Crippen LogP contribution < -0.4 is 11.1 Å². The average Bonchev–Trinajstić information content (AvgIpc) is 2.69. The fourth-order valence-electron chi connectivity index (χ4n) is 4.13. The van der Waals surface area contributed by atoms with Gasteiger partial charge < -0.3 is 25.9 Å². The number of rotatable bonds is 5. The van der Waals surface area contributed by atoms with Crippen molar-refractivity contribution >= 4 is 18.0 Å². The van der Waals surface area contributed by atoms with Crippen molar-refractivity contribution in [2.45, 2.75) is 52.0 Å². The van der Waals surface area contributed by atoms with Gasteiger partial charge in [0.25, 0.3) is 5.91 Å². The first-order valence-corrected chi connectivity index (χ1v) is 10.9. The summed E-state index contributed by atoms with van der Waals surface area (Å²) in [6.45, 7) is 10.5. The number of aldehydes is 1. The van der Waals surface area contributed by atoms with Crippen LogP contribution in [0.3, 0.4) is 0 Å². The second-order valence-electron chi connectivity index (χ2n) is 9.84. The summed E-state index contributed by atoms with van der Waals surface area (Å²) >= 11 is 0. The molecule has 1 amide bonds. The number of piperidine rings is 1. The predicted molar refractivity (Wildman–Crippen MR) is 128 cm³/mol. The zero-order valence-corrected chi connectivity index (χ0v) is 19.8. The number of benzene rings is 1. The Bertz CT molecular complexity index is 892. The zero-order chi connectivity index (χ0) is 23.9. The van der Waals surface area contributed by atoms with Crippen molar-refractivity contribution in [3.8, 4) is 5.75 Å². The minimum absolute atomic E-state index is 0.264. The number of likely N-dealkylation sites (tertiary alicyclic amines) is 1. The van der Waals surface area contributed by atoms with Gasteiger partial charge in [-0.2, -0.15) is 0 Å². The highest BCUT2D eigenvalue weighted by Gasteiger charge is 2.35. The number of hydrogen-bond acceptors (Lipinski definition) is 6. The molecule has 1 unspecified atom stereocenters. The predicted octanol–water partition coefficient (Wildman–Crippen LogP) is 3.60. The second kappa shape index (κ2) is 10.6. The number of hydrogen-bond donors (Lipinski definition) is 3. The lowest BCUT2D eigenvalue weighted by molar-refractivity contribution is -0.108. The lowest BCUT2D eigenvalue weighted by atomic mass is 9.70. The number of nitrogen functional groups attached to an aromatic ring is 1. The number of anilines is 1. The normalized spacial score (nSPS) is 18.2. The van der Waals surface area contributed by atoms with Crippen molar-refractivity contribution in [2.24, 2.45) is 5.41 Å². The molecule has 1 saturated heterocycles. The molecule has 1 atom stereocenters. The molecule has 0 aliphatic carbocycles. The Morgan fingerprint density at radius 1 is 1.28 bits per heavy atom. The Hall–Kier alpha value is -2.93. The lowest BCUT2D eigenvalue weighted by Gasteiger charge is -2.43. The van der Waals surface area contributed by atoms with Crippen LogP contribution in [0.2, 0.25) is 0 Å². The summed E-state index contributed by atoms with van der Waals surface area (Å²) < 4.78 is 0. The molecule has 7 heteroatoms. The van der Waals surface area contributed by atoms with Crippen LogP contribution in [-0.2, 0) is 4.79 Å². The minimum Gasteiger partial charge on any atom is -0.508 e. The van der Waals surface area contributed by atoms with E-state index in [4.69, 9.17) is 5.73 Å². The molecule has 174 valence electrons. The molecule has 0 bridgehead atoms. The van der Waals surface area contributed by atoms with E-state index in [0.29, 0.717) is 28.5 Å². The molecule has 1 fully saturated rings. The Balaban J connectivity index is 0.000000227. The molecule has 32 heavy (non-hydrogen) atoms. The number of carbonyl (C=O) groups excluding carboxylic acids is 2. The second-order valence-corrected chi connectivity index (χ2v) is 9.84. The highest BCUT2D eigenvalue weighted by molar-refractivity contribution is 5.94. The molecule has 1 aromatic carbocycles. The van der Waals surface area contributed by atoms with E-state index in [9.17, 15) is 14.7 Å². The van der Waals surface area contributed by atoms with Gasteiger partial charge in [0.15, 0.2) is 0 Å². The largest absolute Gasteiger partial charge is 0.508 e. The quantitative estimate of drug-likeness (QED) is 0.613. The molecule has 2 aromatic rings. The molecule has 1 aliphatic rings. The van der Waals surface area contributed by atoms with E-state index in [1.54, 1.807) is 38.1 Å². The third-order valence-electron chi connectivity index (χ3n) is 5.81. The van der Waals surface area contributed by atoms with Gasteiger partial charge in [0.05, 0.1) is 5.56 Å². The van der Waals surface area contributed by atoms with Crippen LogP contribution in [0.4, 0.5) is 5.82 Å². The molecule has 3 rings (SSSR count). The van der Waals surface area contributed by atoms with Crippen LogP contribution in [0, 0.1) is 5.41 Å². The van der Waals surface area contributed by atoms with E-state index < -0.39 is 5.54 Å². The summed E-state index contributed by atoms with van der Waals surface area (Å²) in [6.07, 6.45) is 3.65. The first-order chi connectivity index (χ1) is 14.9. The number of phenols is 1. The van der Waals surface area contributed by atoms with Crippen LogP contribution in [0.25, 0.3) is 0 Å². The van der Waals surface area contributed by atoms with Crippen LogP contribution in [-0.4, -0.2) is 52.9 Å². The number of phenolic OH excluding ortho intramolecular Hbond substituents is 1. The fourth-order valence-corrected chi connectivity index (χ4v) is 4.13. The lowest BCUT2D eigenvalue weighted by Crippen LogP contribution is -2.43. The maximum atomic E-state index is 11.7. The van der Waals surface area contributed by atoms with E-state index in [0.717, 1.165) is 19.4 Å². The SMILES string of the molecule is CC(C)(CC=O)NC(=O)c1ccc(N)nc1.CN1CCC(c2ccc(O)cc2)C(C)(C)C1. The van der Waals surface area contributed by atoms with Crippen molar-refractivity contribution in [1.82, 2.24) is 15.2 Å². The molecule has 7 nitrogen and oxygen atoms in total. The van der Waals surface area contributed by atoms with E-state index in [2.05, 4.69) is 48.2 Å². The third kappa shape index (κ3) is 7.34. The molecule has 0 radical (unpaired) electrons. The van der Waals surface area contributed by atoms with Gasteiger partial charge in [-0.05, 0) is 75.0 Å². The fraction of sp³-hybridized carbons (Fsp3) is 0.480. The van der Waals surface area contributed by atoms with Crippen molar-refractivity contribution in [3.05, 3.63) is 53.7 Å². The van der Waals surface area contributed by atoms with Crippen molar-refractivity contribution in [3.63, 3.8) is 0 Å². The molecule has 1 aromatic heterocycles. The van der Waals surface area contributed by atoms with Gasteiger partial charge >= 0.3 is 0 Å². The summed E-state index contributed by atoms with van der Waals surface area (Å²) in [5, 5.41) is 12.1. The maximum Gasteiger partial charge on any atom is 0.253 e. The van der Waals surface area contributed by atoms with Gasteiger partial charge in [-0.25, -0.2) is 4.98 Å². The monoisotopic (exact) mass is 440 g/mol. The number of nitrogens with two attached hydrogens (primary N) is 1. The van der Waals surface area contributed by atoms with Gasteiger partial charge in [-0.15, -0.1) is 0 Å². The van der Waals surface area contributed by atoms with Crippen LogP contribution in [0.1, 0.15) is 62.4 Å². The Morgan fingerprint density at radius 2 is 1.94 bits per heavy atom. The number of aromatic hydroxyl groups is 1. The summed E-state index contributed by atoms with van der Waals surface area (Å²) in [4.78, 5) is 28.4. The molecular formula is C25H36N4O3. The van der Waals surface area contributed by atoms with E-state index in [1.807, 2.05) is 0 Å². The molecule has 1 aliphatic heterocycles. The Kier molecular flexibility index (Phi) is 8.38. The zero-order valence-electron chi connectivity index (χ0n) is 19.8. The first kappa shape index (κ1) is 25.3. The molecule has 4 N–H and O–H groups in total. The third-order valence-corrected chi connectivity index (χ3v) is 5.81. The van der Waals surface area contributed by atoms with Crippen LogP contribution in [0.15, 0.2) is 42.6 Å². The first-order valence-electron chi connectivity index (χ1n) is 10.9. The van der Waals surface area contributed by atoms with Crippen molar-refractivity contribution in [2.75, 3.05) is 25.9 Å². The minimum atomic E-state index is -0.555. The average molecular weight is 441 g/mol. The van der Waals surface area contributed by atoms with Gasteiger partial charge in [-0.1, -0.05) is 26.0 Å². The van der Waals surface area contributed by atoms with E-state index in [-0.39, 0.29) is 12.3 Å². The Morgan fingerprint density at radius 3 is 2.47 bits per heavy atom. The van der Waals surface area contributed by atoms with Crippen LogP contribution in [0.5, 0.6) is 5.75 Å². The number of carbonyl (C=O) groups is 2. The summed E-state index contributed by atoms with van der Waals surface area (Å²) in [6, 6.07) is 10.9. The number of nitrogens with one attached hydrogen (secondary N) is 1. The number of pyridine rings is 1. The van der Waals surface area contributed by atoms with Gasteiger partial charge in [0.1, 0.15) is 17.9 Å². The Labute approximate surface area is 191 Å². The number of amides is 1. The highest BCUT2D eigenvalue weighted by atomic mass is 16.3. The molecule has 0 spiro atoms. The van der Waals surface area contributed by atoms with E-state index >= 15 is 0 Å². The van der Waals surface area contributed by atoms with Crippen LogP contribution >= 0.6 is 0 Å². The molecule has 2 heterocycles. The summed E-state index contributed by atoms with van der Waals surface area (Å²) in [5.41, 5.74) is 6.95. The smallest absolute Gasteiger partial charge is 0.253 e. The van der Waals surface area contributed by atoms with Gasteiger partial charge in [0, 0.05) is 24.7 Å². The topological polar surface area (TPSA) is 109 Å². The maximum absolute atomic E-state index is 11.7. The number of nitrogens with zero attached hydrogens (tertiary/aromatic N) is 2. The van der Waals surface area contributed by atoms with Crippen molar-refractivity contribution < 1.29 is 14.7 Å². The molecular weight excluding hydrogens is 404 g/mol. The van der Waals surface area contributed by atoms with E-state index in [1.165, 1.54) is 18.2 Å². The summed E-state index contributed by atoms with van der Waals surface area (Å²) in [5.74, 6) is 1.06. The van der Waals surface area contributed by atoms with Gasteiger partial charge in [0.2, 0.25) is 0 Å². The van der Waals surface area contributed by atoms with Crippen molar-refractivity contribution in [1.29, 1.82) is 0 Å². The summed E-state index contributed by atoms with van der Waals surface area (Å²) in [7, 11) is 2.19. The molecule has 0 saturated carbocycles. The number of aromatic nitrogens is 1. The highest BCUT2D eigenvalue weighted by Crippen LogP contribution is 2.41. The standard InChI is InChI=1S/C14H21NO.C11H15N3O2/c1-14(2)10-15(3)9-8-13(14)11-4-6-12(16)7-5-11;1-11(2,5-6-15)14-10(16)8-3-4-9(12)13-7-8/h4-7,13,16H,8-10H2,1-3H3;3-4,6-7H,5H2,1-2H3,(H2,12,13)(H,14,16). The van der Waals surface area contributed by atoms with Gasteiger partial charge in [-0.3, -0.25) is 4.79 Å².